The summed E-state index contributed by atoms with van der Waals surface area (Å²) in [6, 6.07) is 9.11. The van der Waals surface area contributed by atoms with Gasteiger partial charge < -0.3 is 9.84 Å². The molecule has 0 bridgehead atoms. The molecule has 0 atom stereocenters. The Bertz CT molecular complexity index is 825. The van der Waals surface area contributed by atoms with Crippen molar-refractivity contribution < 1.29 is 14.6 Å². The number of aliphatic hydroxyl groups is 1. The molecule has 6 nitrogen and oxygen atoms in total. The fraction of sp³-hybridized carbons (Fsp3) is 0.353. The highest BCUT2D eigenvalue weighted by atomic mass is 32.1. The molecule has 7 heteroatoms. The van der Waals surface area contributed by atoms with Crippen LogP contribution in [0.1, 0.15) is 24.2 Å². The van der Waals surface area contributed by atoms with Crippen LogP contribution in [-0.2, 0) is 11.5 Å². The predicted octanol–water partition coefficient (Wildman–Crippen LogP) is 2.38. The molecule has 0 aliphatic rings. The minimum absolute atomic E-state index is 0.0266. The van der Waals surface area contributed by atoms with E-state index in [-0.39, 0.29) is 42.0 Å². The molecule has 128 valence electrons. The number of carbonyl (C=O) groups is 1. The Balaban J connectivity index is 2.74. The van der Waals surface area contributed by atoms with E-state index in [0.29, 0.717) is 11.3 Å². The number of rotatable bonds is 7. The van der Waals surface area contributed by atoms with Crippen molar-refractivity contribution in [3.63, 3.8) is 0 Å². The van der Waals surface area contributed by atoms with Gasteiger partial charge >= 0.3 is 0 Å². The fourth-order valence-corrected chi connectivity index (χ4v) is 2.56. The van der Waals surface area contributed by atoms with Gasteiger partial charge in [0.1, 0.15) is 12.3 Å². The first-order chi connectivity index (χ1) is 11.5. The zero-order valence-corrected chi connectivity index (χ0v) is 14.4. The summed E-state index contributed by atoms with van der Waals surface area (Å²) >= 11 is 5.24. The van der Waals surface area contributed by atoms with E-state index < -0.39 is 5.56 Å². The van der Waals surface area contributed by atoms with Crippen molar-refractivity contribution in [3.05, 3.63) is 51.0 Å². The second-order valence-electron chi connectivity index (χ2n) is 5.56. The van der Waals surface area contributed by atoms with Crippen molar-refractivity contribution in [2.24, 2.45) is 5.92 Å². The summed E-state index contributed by atoms with van der Waals surface area (Å²) < 4.78 is 7.09. The van der Waals surface area contributed by atoms with Gasteiger partial charge in [0, 0.05) is 5.92 Å². The Labute approximate surface area is 144 Å². The van der Waals surface area contributed by atoms with Gasteiger partial charge in [0.2, 0.25) is 0 Å². The van der Waals surface area contributed by atoms with E-state index in [9.17, 15) is 9.59 Å². The maximum Gasteiger partial charge on any atom is 0.263 e. The second kappa shape index (κ2) is 8.14. The number of ketones is 1. The number of nitrogens with one attached hydrogen (secondary N) is 1. The summed E-state index contributed by atoms with van der Waals surface area (Å²) in [7, 11) is 0. The van der Waals surface area contributed by atoms with Crippen molar-refractivity contribution in [2.45, 2.75) is 20.6 Å². The Morgan fingerprint density at radius 3 is 2.58 bits per heavy atom. The van der Waals surface area contributed by atoms with E-state index in [2.05, 4.69) is 4.98 Å². The molecule has 1 aromatic carbocycles. The lowest BCUT2D eigenvalue weighted by atomic mass is 9.97. The van der Waals surface area contributed by atoms with Crippen LogP contribution in [0.2, 0.25) is 0 Å². The number of aliphatic hydroxyl groups excluding tert-OH is 1. The minimum atomic E-state index is -0.504. The molecule has 0 radical (unpaired) electrons. The lowest BCUT2D eigenvalue weighted by Gasteiger charge is -2.18. The van der Waals surface area contributed by atoms with Crippen LogP contribution >= 0.6 is 12.2 Å². The normalized spacial score (nSPS) is 11.0. The second-order valence-corrected chi connectivity index (χ2v) is 5.94. The SMILES string of the molecule is CC(C)C(=O)c1c(-c2ccccc2)n(COCCO)c(=S)[nH]c1=O. The summed E-state index contributed by atoms with van der Waals surface area (Å²) in [6.07, 6.45) is 0. The molecule has 0 amide bonds. The largest absolute Gasteiger partial charge is 0.394 e. The zero-order chi connectivity index (χ0) is 17.7. The third-order valence-electron chi connectivity index (χ3n) is 3.47. The molecule has 1 heterocycles. The monoisotopic (exact) mass is 348 g/mol. The first-order valence-electron chi connectivity index (χ1n) is 7.62. The molecule has 1 aromatic heterocycles. The standard InChI is InChI=1S/C17H20N2O4S/c1-11(2)15(21)13-14(12-6-4-3-5-7-12)19(10-23-9-8-20)17(24)18-16(13)22/h3-7,11,20H,8-10H2,1-2H3,(H,18,22,24). The number of nitrogens with zero attached hydrogens (tertiary/aromatic N) is 1. The van der Waals surface area contributed by atoms with Crippen LogP contribution in [0, 0.1) is 10.7 Å². The van der Waals surface area contributed by atoms with Crippen LogP contribution in [0.4, 0.5) is 0 Å². The highest BCUT2D eigenvalue weighted by Gasteiger charge is 2.23. The van der Waals surface area contributed by atoms with Crippen molar-refractivity contribution in [2.75, 3.05) is 13.2 Å². The highest BCUT2D eigenvalue weighted by molar-refractivity contribution is 7.71. The molecule has 24 heavy (non-hydrogen) atoms. The number of hydrogen-bond acceptors (Lipinski definition) is 5. The van der Waals surface area contributed by atoms with Crippen molar-refractivity contribution >= 4 is 18.0 Å². The summed E-state index contributed by atoms with van der Waals surface area (Å²) in [5.41, 5.74) is 0.695. The minimum Gasteiger partial charge on any atom is -0.394 e. The number of ether oxygens (including phenoxy) is 1. The quantitative estimate of drug-likeness (QED) is 0.456. The molecule has 0 saturated heterocycles. The Hall–Kier alpha value is -2.09. The van der Waals surface area contributed by atoms with E-state index in [1.54, 1.807) is 18.4 Å². The summed E-state index contributed by atoms with van der Waals surface area (Å²) in [5.74, 6) is -0.600. The number of H-pyrrole nitrogens is 1. The van der Waals surface area contributed by atoms with Crippen molar-refractivity contribution in [3.8, 4) is 11.3 Å². The fourth-order valence-electron chi connectivity index (χ4n) is 2.33. The van der Waals surface area contributed by atoms with Gasteiger partial charge in [-0.25, -0.2) is 0 Å². The molecule has 2 N–H and O–H groups in total. The van der Waals surface area contributed by atoms with Gasteiger partial charge in [0.15, 0.2) is 10.6 Å². The van der Waals surface area contributed by atoms with Crippen LogP contribution in [-0.4, -0.2) is 33.7 Å². The van der Waals surface area contributed by atoms with Gasteiger partial charge in [-0.2, -0.15) is 0 Å². The first kappa shape index (κ1) is 18.3. The van der Waals surface area contributed by atoms with E-state index in [4.69, 9.17) is 22.1 Å². The van der Waals surface area contributed by atoms with Gasteiger partial charge in [-0.05, 0) is 17.8 Å². The van der Waals surface area contributed by atoms with Gasteiger partial charge in [-0.3, -0.25) is 19.1 Å². The molecule has 2 rings (SSSR count). The molecule has 2 aromatic rings. The highest BCUT2D eigenvalue weighted by Crippen LogP contribution is 2.24. The number of hydrogen-bond donors (Lipinski definition) is 2. The average molecular weight is 348 g/mol. The Kier molecular flexibility index (Phi) is 6.19. The predicted molar refractivity (Wildman–Crippen MR) is 93.5 cm³/mol. The molecule has 0 spiro atoms. The number of carbonyl (C=O) groups excluding carboxylic acids is 1. The molecule has 0 aliphatic heterocycles. The number of aromatic amines is 1. The van der Waals surface area contributed by atoms with Crippen LogP contribution in [0.5, 0.6) is 0 Å². The lowest BCUT2D eigenvalue weighted by molar-refractivity contribution is 0.0473. The maximum absolute atomic E-state index is 12.6. The summed E-state index contributed by atoms with van der Waals surface area (Å²) in [5, 5.41) is 8.89. The number of Topliss-reactive ketones (excluding diaryl/α,β-unsaturated/α-hetero) is 1. The van der Waals surface area contributed by atoms with Crippen LogP contribution in [0.15, 0.2) is 35.1 Å². The molecule has 0 aliphatic carbocycles. The third kappa shape index (κ3) is 3.87. The third-order valence-corrected chi connectivity index (χ3v) is 3.80. The molecule has 0 unspecified atom stereocenters. The van der Waals surface area contributed by atoms with E-state index in [1.165, 1.54) is 0 Å². The maximum atomic E-state index is 12.6. The van der Waals surface area contributed by atoms with Crippen LogP contribution < -0.4 is 5.56 Å². The zero-order valence-electron chi connectivity index (χ0n) is 13.6. The van der Waals surface area contributed by atoms with Crippen LogP contribution in [0.25, 0.3) is 11.3 Å². The van der Waals surface area contributed by atoms with Gasteiger partial charge in [0.05, 0.1) is 18.9 Å². The van der Waals surface area contributed by atoms with E-state index >= 15 is 0 Å². The van der Waals surface area contributed by atoms with E-state index in [1.807, 2.05) is 30.3 Å². The Morgan fingerprint density at radius 1 is 1.33 bits per heavy atom. The van der Waals surface area contributed by atoms with Gasteiger partial charge in [0.25, 0.3) is 5.56 Å². The smallest absolute Gasteiger partial charge is 0.263 e. The Morgan fingerprint density at radius 2 is 2.00 bits per heavy atom. The van der Waals surface area contributed by atoms with Crippen molar-refractivity contribution in [1.82, 2.24) is 9.55 Å². The first-order valence-corrected chi connectivity index (χ1v) is 8.03. The number of aromatic nitrogens is 2. The average Bonchev–Trinajstić information content (AvgIpc) is 2.56. The van der Waals surface area contributed by atoms with Crippen LogP contribution in [0.3, 0.4) is 0 Å². The van der Waals surface area contributed by atoms with Gasteiger partial charge in [-0.1, -0.05) is 44.2 Å². The summed E-state index contributed by atoms with van der Waals surface area (Å²) in [4.78, 5) is 27.6. The van der Waals surface area contributed by atoms with E-state index in [0.717, 1.165) is 0 Å². The molecule has 0 fully saturated rings. The molecule has 0 saturated carbocycles. The number of benzene rings is 1. The van der Waals surface area contributed by atoms with Crippen molar-refractivity contribution in [1.29, 1.82) is 0 Å². The van der Waals surface area contributed by atoms with Gasteiger partial charge in [-0.15, -0.1) is 0 Å². The topological polar surface area (TPSA) is 84.3 Å². The summed E-state index contributed by atoms with van der Waals surface area (Å²) in [6.45, 7) is 3.51. The lowest BCUT2D eigenvalue weighted by Crippen LogP contribution is -2.27. The molecular weight excluding hydrogens is 328 g/mol. The molecular formula is C17H20N2O4S.